The average Bonchev–Trinajstić information content (AvgIpc) is 2.71. The third-order valence-electron chi connectivity index (χ3n) is 3.05. The van der Waals surface area contributed by atoms with E-state index >= 15 is 0 Å². The van der Waals surface area contributed by atoms with Crippen LogP contribution in [-0.4, -0.2) is 20.2 Å². The second kappa shape index (κ2) is 4.01. The minimum Gasteiger partial charge on any atom is -0.496 e. The van der Waals surface area contributed by atoms with Gasteiger partial charge in [0, 0.05) is 6.54 Å². The van der Waals surface area contributed by atoms with Crippen molar-refractivity contribution < 1.29 is 4.74 Å². The molecule has 1 fully saturated rings. The molecule has 2 heteroatoms. The second-order valence-electron chi connectivity index (χ2n) is 3.86. The summed E-state index contributed by atoms with van der Waals surface area (Å²) in [5.41, 5.74) is 2.73. The zero-order valence-electron chi connectivity index (χ0n) is 8.84. The molecule has 0 radical (unpaired) electrons. The summed E-state index contributed by atoms with van der Waals surface area (Å²) in [5, 5.41) is 3.39. The van der Waals surface area contributed by atoms with E-state index in [1.165, 1.54) is 17.5 Å². The van der Waals surface area contributed by atoms with Gasteiger partial charge < -0.3 is 10.1 Å². The van der Waals surface area contributed by atoms with E-state index in [0.29, 0.717) is 5.92 Å². The van der Waals surface area contributed by atoms with E-state index in [1.54, 1.807) is 7.11 Å². The highest BCUT2D eigenvalue weighted by atomic mass is 16.5. The van der Waals surface area contributed by atoms with Crippen molar-refractivity contribution in [2.45, 2.75) is 19.3 Å². The van der Waals surface area contributed by atoms with E-state index in [0.717, 1.165) is 18.8 Å². The number of rotatable bonds is 2. The first-order valence-electron chi connectivity index (χ1n) is 5.17. The first-order chi connectivity index (χ1) is 6.83. The Balaban J connectivity index is 2.32. The summed E-state index contributed by atoms with van der Waals surface area (Å²) in [7, 11) is 1.74. The molecule has 1 saturated heterocycles. The van der Waals surface area contributed by atoms with E-state index in [-0.39, 0.29) is 0 Å². The van der Waals surface area contributed by atoms with Crippen LogP contribution in [-0.2, 0) is 0 Å². The van der Waals surface area contributed by atoms with Gasteiger partial charge in [0.25, 0.3) is 0 Å². The molecule has 1 unspecified atom stereocenters. The standard InChI is InChI=1S/C12H17NO/c1-9-11(10-6-7-13-8-10)4-3-5-12(9)14-2/h3-5,10,13H,6-8H2,1-2H3. The summed E-state index contributed by atoms with van der Waals surface area (Å²) in [4.78, 5) is 0. The van der Waals surface area contributed by atoms with Crippen LogP contribution in [0.1, 0.15) is 23.5 Å². The first kappa shape index (κ1) is 9.53. The Labute approximate surface area is 85.3 Å². The summed E-state index contributed by atoms with van der Waals surface area (Å²) in [6, 6.07) is 6.33. The number of nitrogens with one attached hydrogen (secondary N) is 1. The van der Waals surface area contributed by atoms with Crippen molar-refractivity contribution in [2.24, 2.45) is 0 Å². The molecule has 1 aliphatic heterocycles. The Bertz CT molecular complexity index is 316. The van der Waals surface area contributed by atoms with Crippen LogP contribution < -0.4 is 10.1 Å². The van der Waals surface area contributed by atoms with Crippen LogP contribution in [0, 0.1) is 6.92 Å². The summed E-state index contributed by atoms with van der Waals surface area (Å²) in [6.45, 7) is 4.39. The Morgan fingerprint density at radius 2 is 2.29 bits per heavy atom. The molecule has 76 valence electrons. The van der Waals surface area contributed by atoms with E-state index < -0.39 is 0 Å². The van der Waals surface area contributed by atoms with Crippen LogP contribution in [0.5, 0.6) is 5.75 Å². The molecule has 0 amide bonds. The molecule has 0 bridgehead atoms. The fourth-order valence-corrected chi connectivity index (χ4v) is 2.21. The molecule has 0 saturated carbocycles. The molecule has 1 heterocycles. The van der Waals surface area contributed by atoms with E-state index in [4.69, 9.17) is 4.74 Å². The van der Waals surface area contributed by atoms with Crippen LogP contribution in [0.15, 0.2) is 18.2 Å². The fraction of sp³-hybridized carbons (Fsp3) is 0.500. The molecule has 1 N–H and O–H groups in total. The lowest BCUT2D eigenvalue weighted by atomic mass is 9.94. The van der Waals surface area contributed by atoms with Crippen LogP contribution in [0.4, 0.5) is 0 Å². The van der Waals surface area contributed by atoms with Gasteiger partial charge in [-0.05, 0) is 43.0 Å². The Morgan fingerprint density at radius 1 is 1.43 bits per heavy atom. The highest BCUT2D eigenvalue weighted by molar-refractivity contribution is 5.41. The average molecular weight is 191 g/mol. The van der Waals surface area contributed by atoms with Gasteiger partial charge >= 0.3 is 0 Å². The first-order valence-corrected chi connectivity index (χ1v) is 5.17. The van der Waals surface area contributed by atoms with Crippen LogP contribution in [0.25, 0.3) is 0 Å². The van der Waals surface area contributed by atoms with Crippen LogP contribution >= 0.6 is 0 Å². The van der Waals surface area contributed by atoms with Gasteiger partial charge in [0.05, 0.1) is 7.11 Å². The number of hydrogen-bond acceptors (Lipinski definition) is 2. The third-order valence-corrected chi connectivity index (χ3v) is 3.05. The van der Waals surface area contributed by atoms with Crippen LogP contribution in [0.3, 0.4) is 0 Å². The quantitative estimate of drug-likeness (QED) is 0.772. The van der Waals surface area contributed by atoms with Crippen LogP contribution in [0.2, 0.25) is 0 Å². The van der Waals surface area contributed by atoms with E-state index in [9.17, 15) is 0 Å². The SMILES string of the molecule is COc1cccc(C2CCNC2)c1C. The van der Waals surface area contributed by atoms with Crippen molar-refractivity contribution in [1.82, 2.24) is 5.32 Å². The Hall–Kier alpha value is -1.02. The van der Waals surface area contributed by atoms with Crippen molar-refractivity contribution in [3.63, 3.8) is 0 Å². The maximum atomic E-state index is 5.32. The summed E-state index contributed by atoms with van der Waals surface area (Å²) < 4.78 is 5.32. The monoisotopic (exact) mass is 191 g/mol. The minimum absolute atomic E-state index is 0.671. The topological polar surface area (TPSA) is 21.3 Å². The van der Waals surface area contributed by atoms with Crippen molar-refractivity contribution in [1.29, 1.82) is 0 Å². The third kappa shape index (κ3) is 1.62. The maximum absolute atomic E-state index is 5.32. The van der Waals surface area contributed by atoms with Gasteiger partial charge in [0.2, 0.25) is 0 Å². The Kier molecular flexibility index (Phi) is 2.73. The largest absolute Gasteiger partial charge is 0.496 e. The van der Waals surface area contributed by atoms with E-state index in [2.05, 4.69) is 24.4 Å². The molecule has 0 spiro atoms. The van der Waals surface area contributed by atoms with Gasteiger partial charge in [-0.2, -0.15) is 0 Å². The Morgan fingerprint density at radius 3 is 2.93 bits per heavy atom. The second-order valence-corrected chi connectivity index (χ2v) is 3.86. The highest BCUT2D eigenvalue weighted by Gasteiger charge is 2.19. The molecule has 0 aliphatic carbocycles. The molecule has 0 aromatic heterocycles. The number of methoxy groups -OCH3 is 1. The van der Waals surface area contributed by atoms with Crippen molar-refractivity contribution in [3.8, 4) is 5.75 Å². The van der Waals surface area contributed by atoms with Gasteiger partial charge in [-0.15, -0.1) is 0 Å². The normalized spacial score (nSPS) is 21.1. The molecular formula is C12H17NO. The van der Waals surface area contributed by atoms with Gasteiger partial charge in [-0.1, -0.05) is 12.1 Å². The van der Waals surface area contributed by atoms with E-state index in [1.807, 2.05) is 6.07 Å². The molecule has 2 nitrogen and oxygen atoms in total. The number of ether oxygens (including phenoxy) is 1. The summed E-state index contributed by atoms with van der Waals surface area (Å²) in [6.07, 6.45) is 1.24. The number of benzene rings is 1. The van der Waals surface area contributed by atoms with Gasteiger partial charge in [0.15, 0.2) is 0 Å². The zero-order chi connectivity index (χ0) is 9.97. The summed E-state index contributed by atoms with van der Waals surface area (Å²) in [5.74, 6) is 1.68. The zero-order valence-corrected chi connectivity index (χ0v) is 8.84. The molecule has 1 aromatic rings. The lowest BCUT2D eigenvalue weighted by Crippen LogP contribution is -2.09. The molecule has 14 heavy (non-hydrogen) atoms. The molecule has 1 aliphatic rings. The van der Waals surface area contributed by atoms with Gasteiger partial charge in [-0.25, -0.2) is 0 Å². The maximum Gasteiger partial charge on any atom is 0.122 e. The molecule has 2 rings (SSSR count). The molecule has 1 atom stereocenters. The minimum atomic E-state index is 0.671. The highest BCUT2D eigenvalue weighted by Crippen LogP contribution is 2.30. The summed E-state index contributed by atoms with van der Waals surface area (Å²) >= 11 is 0. The molecular weight excluding hydrogens is 174 g/mol. The van der Waals surface area contributed by atoms with Crippen molar-refractivity contribution in [3.05, 3.63) is 29.3 Å². The lowest BCUT2D eigenvalue weighted by Gasteiger charge is -2.14. The predicted octanol–water partition coefficient (Wildman–Crippen LogP) is 2.08. The van der Waals surface area contributed by atoms with Crippen molar-refractivity contribution >= 4 is 0 Å². The lowest BCUT2D eigenvalue weighted by molar-refractivity contribution is 0.410. The number of hydrogen-bond donors (Lipinski definition) is 1. The smallest absolute Gasteiger partial charge is 0.122 e. The van der Waals surface area contributed by atoms with Gasteiger partial charge in [0.1, 0.15) is 5.75 Å². The van der Waals surface area contributed by atoms with Crippen molar-refractivity contribution in [2.75, 3.05) is 20.2 Å². The molecule has 1 aromatic carbocycles. The predicted molar refractivity (Wildman–Crippen MR) is 58.0 cm³/mol. The fourth-order valence-electron chi connectivity index (χ4n) is 2.21. The van der Waals surface area contributed by atoms with Gasteiger partial charge in [-0.3, -0.25) is 0 Å².